The number of aromatic nitrogens is 1. The molecule has 0 radical (unpaired) electrons. The summed E-state index contributed by atoms with van der Waals surface area (Å²) in [6, 6.07) is 3.85. The van der Waals surface area contributed by atoms with E-state index in [1.54, 1.807) is 0 Å². The number of fused-ring (bicyclic) bond motifs is 1. The number of oxazole rings is 1. The van der Waals surface area contributed by atoms with Gasteiger partial charge in [0.05, 0.1) is 10.4 Å². The van der Waals surface area contributed by atoms with Gasteiger partial charge in [-0.1, -0.05) is 26.2 Å². The normalized spacial score (nSPS) is 12.2. The SMILES string of the molecule is CCCCCC(C)NC(=O)Cn1c(=O)oc2ccc([N+](=O)[O-])cc21. The minimum absolute atomic E-state index is 0.00672. The summed E-state index contributed by atoms with van der Waals surface area (Å²) < 4.78 is 6.13. The van der Waals surface area contributed by atoms with E-state index in [9.17, 15) is 19.7 Å². The summed E-state index contributed by atoms with van der Waals surface area (Å²) in [5, 5.41) is 13.7. The van der Waals surface area contributed by atoms with Crippen molar-refractivity contribution in [2.75, 3.05) is 0 Å². The van der Waals surface area contributed by atoms with Crippen molar-refractivity contribution in [1.29, 1.82) is 0 Å². The van der Waals surface area contributed by atoms with Crippen molar-refractivity contribution in [3.05, 3.63) is 38.9 Å². The van der Waals surface area contributed by atoms with Crippen LogP contribution >= 0.6 is 0 Å². The molecule has 1 aromatic carbocycles. The maximum absolute atomic E-state index is 12.1. The summed E-state index contributed by atoms with van der Waals surface area (Å²) in [6.45, 7) is 3.79. The van der Waals surface area contributed by atoms with Crippen LogP contribution in [0.1, 0.15) is 39.5 Å². The fourth-order valence-electron chi connectivity index (χ4n) is 2.55. The van der Waals surface area contributed by atoms with E-state index < -0.39 is 10.7 Å². The second-order valence-corrected chi connectivity index (χ2v) is 5.83. The molecular weight excluding hydrogens is 314 g/mol. The van der Waals surface area contributed by atoms with Crippen molar-refractivity contribution in [1.82, 2.24) is 9.88 Å². The number of non-ortho nitro benzene ring substituents is 1. The summed E-state index contributed by atoms with van der Waals surface area (Å²) in [6.07, 6.45) is 4.11. The lowest BCUT2D eigenvalue weighted by Gasteiger charge is -2.13. The molecule has 1 heterocycles. The molecule has 1 atom stereocenters. The Morgan fingerprint density at radius 3 is 2.83 bits per heavy atom. The molecule has 1 amide bonds. The molecule has 1 unspecified atom stereocenters. The molecule has 2 rings (SSSR count). The van der Waals surface area contributed by atoms with Crippen molar-refractivity contribution in [3.63, 3.8) is 0 Å². The first-order valence-corrected chi connectivity index (χ1v) is 7.99. The molecule has 8 heteroatoms. The van der Waals surface area contributed by atoms with Gasteiger partial charge in [-0.05, 0) is 19.4 Å². The smallest absolute Gasteiger partial charge is 0.408 e. The number of nitro groups is 1. The van der Waals surface area contributed by atoms with Crippen molar-refractivity contribution in [2.45, 2.75) is 52.1 Å². The lowest BCUT2D eigenvalue weighted by molar-refractivity contribution is -0.384. The number of benzene rings is 1. The Morgan fingerprint density at radius 1 is 1.42 bits per heavy atom. The van der Waals surface area contributed by atoms with E-state index >= 15 is 0 Å². The molecule has 0 fully saturated rings. The highest BCUT2D eigenvalue weighted by Gasteiger charge is 2.17. The number of carbonyl (C=O) groups excluding carboxylic acids is 1. The third-order valence-corrected chi connectivity index (χ3v) is 3.81. The van der Waals surface area contributed by atoms with Crippen molar-refractivity contribution < 1.29 is 14.1 Å². The van der Waals surface area contributed by atoms with Gasteiger partial charge in [-0.2, -0.15) is 0 Å². The van der Waals surface area contributed by atoms with Crippen molar-refractivity contribution in [3.8, 4) is 0 Å². The lowest BCUT2D eigenvalue weighted by Crippen LogP contribution is -2.36. The zero-order valence-electron chi connectivity index (χ0n) is 13.8. The monoisotopic (exact) mass is 335 g/mol. The van der Waals surface area contributed by atoms with Crippen molar-refractivity contribution >= 4 is 22.7 Å². The Kier molecular flexibility index (Phi) is 5.73. The zero-order chi connectivity index (χ0) is 17.7. The third kappa shape index (κ3) is 4.21. The summed E-state index contributed by atoms with van der Waals surface area (Å²) >= 11 is 0. The Bertz CT molecular complexity index is 793. The van der Waals surface area contributed by atoms with Gasteiger partial charge < -0.3 is 9.73 Å². The maximum atomic E-state index is 12.1. The highest BCUT2D eigenvalue weighted by atomic mass is 16.6. The topological polar surface area (TPSA) is 107 Å². The Labute approximate surface area is 138 Å². The zero-order valence-corrected chi connectivity index (χ0v) is 13.8. The predicted molar refractivity (Wildman–Crippen MR) is 88.9 cm³/mol. The molecule has 0 bridgehead atoms. The van der Waals surface area contributed by atoms with E-state index in [0.29, 0.717) is 0 Å². The van der Waals surface area contributed by atoms with Crippen LogP contribution in [-0.4, -0.2) is 21.4 Å². The van der Waals surface area contributed by atoms with Crippen LogP contribution in [0.25, 0.3) is 11.1 Å². The van der Waals surface area contributed by atoms with Gasteiger partial charge in [-0.15, -0.1) is 0 Å². The first kappa shape index (κ1) is 17.7. The summed E-state index contributed by atoms with van der Waals surface area (Å²) in [5.41, 5.74) is 0.294. The number of unbranched alkanes of at least 4 members (excludes halogenated alkanes) is 2. The average molecular weight is 335 g/mol. The van der Waals surface area contributed by atoms with Gasteiger partial charge in [-0.25, -0.2) is 4.79 Å². The number of nitro benzene ring substituents is 1. The standard InChI is InChI=1S/C16H21N3O5/c1-3-4-5-6-11(2)17-15(20)10-18-13-9-12(19(22)23)7-8-14(13)24-16(18)21/h7-9,11H,3-6,10H2,1-2H3,(H,17,20). The van der Waals surface area contributed by atoms with Gasteiger partial charge in [0.1, 0.15) is 6.54 Å². The lowest BCUT2D eigenvalue weighted by atomic mass is 10.1. The van der Waals surface area contributed by atoms with E-state index in [-0.39, 0.29) is 35.3 Å². The van der Waals surface area contributed by atoms with E-state index in [1.807, 2.05) is 6.92 Å². The molecule has 1 aromatic heterocycles. The van der Waals surface area contributed by atoms with Gasteiger partial charge in [-0.3, -0.25) is 19.5 Å². The summed E-state index contributed by atoms with van der Waals surface area (Å²) in [4.78, 5) is 34.3. The van der Waals surface area contributed by atoms with Crippen LogP contribution in [0.2, 0.25) is 0 Å². The molecule has 8 nitrogen and oxygen atoms in total. The molecule has 0 aliphatic heterocycles. The molecule has 0 aliphatic carbocycles. The Morgan fingerprint density at radius 2 is 2.17 bits per heavy atom. The van der Waals surface area contributed by atoms with Crippen LogP contribution in [0.4, 0.5) is 5.69 Å². The van der Waals surface area contributed by atoms with Crippen LogP contribution in [0.15, 0.2) is 27.4 Å². The molecule has 0 aliphatic rings. The largest absolute Gasteiger partial charge is 0.420 e. The second kappa shape index (κ2) is 7.76. The number of rotatable bonds is 8. The molecule has 2 aromatic rings. The van der Waals surface area contributed by atoms with Crippen LogP contribution in [0.5, 0.6) is 0 Å². The Balaban J connectivity index is 2.12. The van der Waals surface area contributed by atoms with E-state index in [2.05, 4.69) is 12.2 Å². The van der Waals surface area contributed by atoms with Crippen LogP contribution in [0.3, 0.4) is 0 Å². The van der Waals surface area contributed by atoms with Crippen molar-refractivity contribution in [2.24, 2.45) is 0 Å². The van der Waals surface area contributed by atoms with Gasteiger partial charge in [0.15, 0.2) is 5.58 Å². The van der Waals surface area contributed by atoms with Crippen LogP contribution in [-0.2, 0) is 11.3 Å². The molecule has 0 spiro atoms. The number of hydrogen-bond acceptors (Lipinski definition) is 5. The fraction of sp³-hybridized carbons (Fsp3) is 0.500. The molecule has 24 heavy (non-hydrogen) atoms. The number of hydrogen-bond donors (Lipinski definition) is 1. The Hall–Kier alpha value is -2.64. The quantitative estimate of drug-likeness (QED) is 0.453. The first-order chi connectivity index (χ1) is 11.4. The van der Waals surface area contributed by atoms with Gasteiger partial charge in [0, 0.05) is 18.2 Å². The highest BCUT2D eigenvalue weighted by molar-refractivity contribution is 5.80. The third-order valence-electron chi connectivity index (χ3n) is 3.81. The van der Waals surface area contributed by atoms with Crippen LogP contribution in [0, 0.1) is 10.1 Å². The van der Waals surface area contributed by atoms with E-state index in [4.69, 9.17) is 4.42 Å². The number of amides is 1. The molecule has 1 N–H and O–H groups in total. The van der Waals surface area contributed by atoms with E-state index in [0.717, 1.165) is 30.3 Å². The minimum atomic E-state index is -0.709. The molecule has 0 saturated heterocycles. The van der Waals surface area contributed by atoms with Gasteiger partial charge in [0.2, 0.25) is 5.91 Å². The summed E-state index contributed by atoms with van der Waals surface area (Å²) in [5.74, 6) is -1.03. The number of carbonyl (C=O) groups is 1. The number of nitrogens with one attached hydrogen (secondary N) is 1. The molecule has 0 saturated carbocycles. The maximum Gasteiger partial charge on any atom is 0.420 e. The minimum Gasteiger partial charge on any atom is -0.408 e. The number of nitrogens with zero attached hydrogens (tertiary/aromatic N) is 2. The molecule has 130 valence electrons. The first-order valence-electron chi connectivity index (χ1n) is 7.99. The predicted octanol–water partition coefficient (Wildman–Crippen LogP) is 2.59. The van der Waals surface area contributed by atoms with Gasteiger partial charge in [0.25, 0.3) is 5.69 Å². The van der Waals surface area contributed by atoms with Gasteiger partial charge >= 0.3 is 5.76 Å². The van der Waals surface area contributed by atoms with Crippen LogP contribution < -0.4 is 11.1 Å². The second-order valence-electron chi connectivity index (χ2n) is 5.83. The van der Waals surface area contributed by atoms with E-state index in [1.165, 1.54) is 18.2 Å². The average Bonchev–Trinajstić information content (AvgIpc) is 2.82. The highest BCUT2D eigenvalue weighted by Crippen LogP contribution is 2.20. The summed E-state index contributed by atoms with van der Waals surface area (Å²) in [7, 11) is 0. The fourth-order valence-corrected chi connectivity index (χ4v) is 2.55. The molecular formula is C16H21N3O5.